The number of allylic oxidation sites excluding steroid dienone is 1. The lowest BCUT2D eigenvalue weighted by Gasteiger charge is -2.19. The van der Waals surface area contributed by atoms with E-state index in [0.29, 0.717) is 28.4 Å². The molecule has 0 saturated carbocycles. The molecule has 206 valence electrons. The molecule has 0 atom stereocenters. The Bertz CT molecular complexity index is 1180. The summed E-state index contributed by atoms with van der Waals surface area (Å²) in [4.78, 5) is 36.6. The number of ether oxygens (including phenoxy) is 5. The predicted octanol–water partition coefficient (Wildman–Crippen LogP) is 6.06. The second-order valence-electron chi connectivity index (χ2n) is 10.9. The Morgan fingerprint density at radius 2 is 1.32 bits per heavy atom. The minimum absolute atomic E-state index is 0.206. The fraction of sp³-hybridized carbons (Fsp3) is 0.433. The zero-order chi connectivity index (χ0) is 28.7. The second-order valence-corrected chi connectivity index (χ2v) is 10.9. The summed E-state index contributed by atoms with van der Waals surface area (Å²) < 4.78 is 27.1. The van der Waals surface area contributed by atoms with Gasteiger partial charge < -0.3 is 23.7 Å². The first-order valence-electron chi connectivity index (χ1n) is 12.3. The van der Waals surface area contributed by atoms with Crippen molar-refractivity contribution in [1.29, 1.82) is 0 Å². The molecule has 0 aliphatic carbocycles. The SMILES string of the molecule is COc1c(/C=C/C(=O)c2ccc(OCOC(=O)C(C)(C)C)cc2)cc(C)c(OCOC(=O)C(C)(C)C)c1C. The summed E-state index contributed by atoms with van der Waals surface area (Å²) >= 11 is 0. The van der Waals surface area contributed by atoms with E-state index in [1.165, 1.54) is 13.2 Å². The van der Waals surface area contributed by atoms with E-state index < -0.39 is 10.8 Å². The number of ketones is 1. The molecule has 38 heavy (non-hydrogen) atoms. The Kier molecular flexibility index (Phi) is 10.1. The van der Waals surface area contributed by atoms with Gasteiger partial charge in [0.25, 0.3) is 0 Å². The number of hydrogen-bond donors (Lipinski definition) is 0. The molecule has 2 aromatic rings. The van der Waals surface area contributed by atoms with E-state index in [4.69, 9.17) is 23.7 Å². The van der Waals surface area contributed by atoms with Crippen LogP contribution < -0.4 is 14.2 Å². The molecule has 0 fully saturated rings. The topological polar surface area (TPSA) is 97.4 Å². The Balaban J connectivity index is 2.07. The fourth-order valence-electron chi connectivity index (χ4n) is 3.30. The van der Waals surface area contributed by atoms with Crippen LogP contribution in [0, 0.1) is 24.7 Å². The zero-order valence-electron chi connectivity index (χ0n) is 23.7. The molecule has 0 heterocycles. The standard InChI is InChI=1S/C30H38O8/c1-19-16-22(26(34-9)20(2)25(19)36-18-38-28(33)30(6,7)8)12-15-24(31)21-10-13-23(14-11-21)35-17-37-27(32)29(3,4)5/h10-16H,17-18H2,1-9H3/b15-12+. The highest BCUT2D eigenvalue weighted by Crippen LogP contribution is 2.36. The highest BCUT2D eigenvalue weighted by atomic mass is 16.7. The van der Waals surface area contributed by atoms with Crippen molar-refractivity contribution in [2.75, 3.05) is 20.7 Å². The number of rotatable bonds is 10. The maximum Gasteiger partial charge on any atom is 0.314 e. The van der Waals surface area contributed by atoms with E-state index in [1.54, 1.807) is 71.9 Å². The summed E-state index contributed by atoms with van der Waals surface area (Å²) in [6.07, 6.45) is 3.14. The van der Waals surface area contributed by atoms with Crippen LogP contribution in [0.4, 0.5) is 0 Å². The van der Waals surface area contributed by atoms with Crippen molar-refractivity contribution in [3.05, 3.63) is 58.7 Å². The summed E-state index contributed by atoms with van der Waals surface area (Å²) in [5.74, 6) is 0.646. The molecule has 0 N–H and O–H groups in total. The fourth-order valence-corrected chi connectivity index (χ4v) is 3.30. The van der Waals surface area contributed by atoms with E-state index >= 15 is 0 Å². The van der Waals surface area contributed by atoms with Gasteiger partial charge in [0.05, 0.1) is 17.9 Å². The van der Waals surface area contributed by atoms with Crippen molar-refractivity contribution in [3.8, 4) is 17.2 Å². The van der Waals surface area contributed by atoms with Crippen molar-refractivity contribution in [2.45, 2.75) is 55.4 Å². The van der Waals surface area contributed by atoms with Crippen molar-refractivity contribution >= 4 is 23.8 Å². The Morgan fingerprint density at radius 3 is 1.82 bits per heavy atom. The van der Waals surface area contributed by atoms with Crippen molar-refractivity contribution in [3.63, 3.8) is 0 Å². The van der Waals surface area contributed by atoms with Crippen LogP contribution in [0.3, 0.4) is 0 Å². The third-order valence-corrected chi connectivity index (χ3v) is 5.46. The van der Waals surface area contributed by atoms with Gasteiger partial charge in [-0.05, 0) is 103 Å². The number of benzene rings is 2. The van der Waals surface area contributed by atoms with Gasteiger partial charge in [-0.15, -0.1) is 0 Å². The van der Waals surface area contributed by atoms with Crippen LogP contribution >= 0.6 is 0 Å². The first-order chi connectivity index (χ1) is 17.6. The lowest BCUT2D eigenvalue weighted by atomic mass is 9.97. The third kappa shape index (κ3) is 8.36. The van der Waals surface area contributed by atoms with Crippen molar-refractivity contribution in [2.24, 2.45) is 10.8 Å². The van der Waals surface area contributed by atoms with Gasteiger partial charge in [0.2, 0.25) is 13.6 Å². The van der Waals surface area contributed by atoms with Gasteiger partial charge in [-0.2, -0.15) is 0 Å². The van der Waals surface area contributed by atoms with E-state index in [2.05, 4.69) is 0 Å². The normalized spacial score (nSPS) is 11.7. The summed E-state index contributed by atoms with van der Waals surface area (Å²) in [7, 11) is 1.54. The van der Waals surface area contributed by atoms with Gasteiger partial charge in [-0.3, -0.25) is 14.4 Å². The summed E-state index contributed by atoms with van der Waals surface area (Å²) in [5.41, 5.74) is 1.46. The highest BCUT2D eigenvalue weighted by molar-refractivity contribution is 6.07. The maximum absolute atomic E-state index is 12.8. The largest absolute Gasteiger partial charge is 0.496 e. The van der Waals surface area contributed by atoms with Crippen LogP contribution in [-0.4, -0.2) is 38.4 Å². The molecular weight excluding hydrogens is 488 g/mol. The first-order valence-corrected chi connectivity index (χ1v) is 12.3. The molecule has 8 nitrogen and oxygen atoms in total. The van der Waals surface area contributed by atoms with Gasteiger partial charge in [0.15, 0.2) is 5.78 Å². The van der Waals surface area contributed by atoms with Gasteiger partial charge in [0.1, 0.15) is 17.2 Å². The number of methoxy groups -OCH3 is 1. The van der Waals surface area contributed by atoms with Gasteiger partial charge in [0, 0.05) is 16.7 Å². The molecule has 0 aliphatic rings. The molecular formula is C30H38O8. The molecule has 0 radical (unpaired) electrons. The maximum atomic E-state index is 12.8. The molecule has 0 aliphatic heterocycles. The molecule has 8 heteroatoms. The van der Waals surface area contributed by atoms with E-state index in [1.807, 2.05) is 19.9 Å². The van der Waals surface area contributed by atoms with Crippen molar-refractivity contribution < 1.29 is 38.1 Å². The summed E-state index contributed by atoms with van der Waals surface area (Å²) in [5, 5.41) is 0. The molecule has 2 rings (SSSR count). The van der Waals surface area contributed by atoms with E-state index in [-0.39, 0.29) is 31.3 Å². The smallest absolute Gasteiger partial charge is 0.314 e. The minimum Gasteiger partial charge on any atom is -0.496 e. The number of hydrogen-bond acceptors (Lipinski definition) is 8. The lowest BCUT2D eigenvalue weighted by molar-refractivity contribution is -0.160. The molecule has 0 unspecified atom stereocenters. The summed E-state index contributed by atoms with van der Waals surface area (Å²) in [6, 6.07) is 8.39. The van der Waals surface area contributed by atoms with E-state index in [9.17, 15) is 14.4 Å². The van der Waals surface area contributed by atoms with Crippen LogP contribution in [0.5, 0.6) is 17.2 Å². The third-order valence-electron chi connectivity index (χ3n) is 5.46. The molecule has 0 saturated heterocycles. The van der Waals surface area contributed by atoms with Gasteiger partial charge in [-0.25, -0.2) is 0 Å². The number of esters is 2. The molecule has 0 bridgehead atoms. The second kappa shape index (κ2) is 12.6. The predicted molar refractivity (Wildman–Crippen MR) is 144 cm³/mol. The van der Waals surface area contributed by atoms with E-state index in [0.717, 1.165) is 11.1 Å². The van der Waals surface area contributed by atoms with Crippen molar-refractivity contribution in [1.82, 2.24) is 0 Å². The van der Waals surface area contributed by atoms with Crippen LogP contribution in [-0.2, 0) is 19.1 Å². The van der Waals surface area contributed by atoms with Crippen LogP contribution in [0.25, 0.3) is 6.08 Å². The highest BCUT2D eigenvalue weighted by Gasteiger charge is 2.24. The van der Waals surface area contributed by atoms with Crippen LogP contribution in [0.1, 0.15) is 68.6 Å². The molecule has 2 aromatic carbocycles. The van der Waals surface area contributed by atoms with Crippen LogP contribution in [0.15, 0.2) is 36.4 Å². The number of aryl methyl sites for hydroxylation is 1. The number of carbonyl (C=O) groups excluding carboxylic acids is 3. The molecule has 0 aromatic heterocycles. The molecule has 0 amide bonds. The zero-order valence-corrected chi connectivity index (χ0v) is 23.7. The number of carbonyl (C=O) groups is 3. The first kappa shape index (κ1) is 30.4. The van der Waals surface area contributed by atoms with Gasteiger partial charge in [-0.1, -0.05) is 0 Å². The quantitative estimate of drug-likeness (QED) is 0.160. The lowest BCUT2D eigenvalue weighted by Crippen LogP contribution is -2.24. The Labute approximate surface area is 224 Å². The van der Waals surface area contributed by atoms with Crippen LogP contribution in [0.2, 0.25) is 0 Å². The minimum atomic E-state index is -0.624. The Morgan fingerprint density at radius 1 is 0.789 bits per heavy atom. The summed E-state index contributed by atoms with van der Waals surface area (Å²) in [6.45, 7) is 13.9. The molecule has 0 spiro atoms. The van der Waals surface area contributed by atoms with Gasteiger partial charge >= 0.3 is 11.9 Å². The average molecular weight is 527 g/mol. The average Bonchev–Trinajstić information content (AvgIpc) is 2.83. The Hall–Kier alpha value is -3.81. The monoisotopic (exact) mass is 526 g/mol.